The standard InChI is InChI=1S/C18H14F4N2O2/c19-14-9-11(5-6-18(20,21)22)1-3-13(14)17(25)24-12-2-4-15-16(10-12)26-8-7-23-15/h1-6,9-10,23H,7-8H2,(H,24,25). The average Bonchev–Trinajstić information content (AvgIpc) is 2.59. The van der Waals surface area contributed by atoms with E-state index in [0.29, 0.717) is 24.6 Å². The van der Waals surface area contributed by atoms with Gasteiger partial charge < -0.3 is 15.4 Å². The molecule has 0 radical (unpaired) electrons. The fraction of sp³-hybridized carbons (Fsp3) is 0.167. The molecule has 2 N–H and O–H groups in total. The third kappa shape index (κ3) is 4.33. The molecule has 2 aromatic carbocycles. The fourth-order valence-corrected chi connectivity index (χ4v) is 2.42. The molecule has 26 heavy (non-hydrogen) atoms. The van der Waals surface area contributed by atoms with Gasteiger partial charge in [0.25, 0.3) is 5.91 Å². The zero-order valence-electron chi connectivity index (χ0n) is 13.4. The maximum atomic E-state index is 14.1. The van der Waals surface area contributed by atoms with Crippen molar-refractivity contribution < 1.29 is 27.1 Å². The number of alkyl halides is 3. The average molecular weight is 366 g/mol. The summed E-state index contributed by atoms with van der Waals surface area (Å²) in [6.07, 6.45) is -3.75. The quantitative estimate of drug-likeness (QED) is 0.789. The van der Waals surface area contributed by atoms with Gasteiger partial charge in [0.2, 0.25) is 0 Å². The number of benzene rings is 2. The van der Waals surface area contributed by atoms with Crippen LogP contribution in [-0.2, 0) is 0 Å². The monoisotopic (exact) mass is 366 g/mol. The van der Waals surface area contributed by atoms with Crippen LogP contribution in [0.4, 0.5) is 28.9 Å². The second-order valence-corrected chi connectivity index (χ2v) is 5.55. The van der Waals surface area contributed by atoms with Gasteiger partial charge in [-0.2, -0.15) is 13.2 Å². The maximum Gasteiger partial charge on any atom is 0.409 e. The van der Waals surface area contributed by atoms with Crippen LogP contribution >= 0.6 is 0 Å². The minimum Gasteiger partial charge on any atom is -0.490 e. The molecule has 1 amide bonds. The molecule has 136 valence electrons. The first kappa shape index (κ1) is 17.8. The first-order chi connectivity index (χ1) is 12.3. The summed E-state index contributed by atoms with van der Waals surface area (Å²) in [5.74, 6) is -1.05. The van der Waals surface area contributed by atoms with Crippen molar-refractivity contribution in [3.8, 4) is 5.75 Å². The normalized spacial score (nSPS) is 13.7. The Hall–Kier alpha value is -3.03. The van der Waals surface area contributed by atoms with E-state index in [1.807, 2.05) is 0 Å². The van der Waals surface area contributed by atoms with E-state index < -0.39 is 17.9 Å². The first-order valence-electron chi connectivity index (χ1n) is 7.69. The Kier molecular flexibility index (Phi) is 4.83. The van der Waals surface area contributed by atoms with E-state index in [1.165, 1.54) is 6.07 Å². The summed E-state index contributed by atoms with van der Waals surface area (Å²) in [7, 11) is 0. The lowest BCUT2D eigenvalue weighted by Crippen LogP contribution is -2.18. The van der Waals surface area contributed by atoms with Crippen molar-refractivity contribution in [1.29, 1.82) is 0 Å². The lowest BCUT2D eigenvalue weighted by molar-refractivity contribution is -0.0790. The molecular formula is C18H14F4N2O2. The Labute approximate surface area is 146 Å². The SMILES string of the molecule is O=C(Nc1ccc2c(c1)OCCN2)c1ccc(C=CC(F)(F)F)cc1F. The summed E-state index contributed by atoms with van der Waals surface area (Å²) in [5, 5.41) is 5.67. The number of hydrogen-bond acceptors (Lipinski definition) is 3. The Morgan fingerprint density at radius 1 is 1.19 bits per heavy atom. The molecule has 0 saturated heterocycles. The number of ether oxygens (including phenoxy) is 1. The van der Waals surface area contributed by atoms with E-state index in [1.54, 1.807) is 18.2 Å². The van der Waals surface area contributed by atoms with Crippen LogP contribution in [-0.4, -0.2) is 25.2 Å². The van der Waals surface area contributed by atoms with Crippen LogP contribution < -0.4 is 15.4 Å². The van der Waals surface area contributed by atoms with E-state index in [0.717, 1.165) is 23.9 Å². The van der Waals surface area contributed by atoms with E-state index in [2.05, 4.69) is 10.6 Å². The highest BCUT2D eigenvalue weighted by Crippen LogP contribution is 2.30. The van der Waals surface area contributed by atoms with Gasteiger partial charge in [-0.05, 0) is 35.9 Å². The molecule has 0 unspecified atom stereocenters. The third-order valence-electron chi connectivity index (χ3n) is 3.62. The number of rotatable bonds is 3. The number of allylic oxidation sites excluding steroid dienone is 1. The topological polar surface area (TPSA) is 50.4 Å². The van der Waals surface area contributed by atoms with E-state index in [4.69, 9.17) is 4.74 Å². The number of carbonyl (C=O) groups excluding carboxylic acids is 1. The number of halogens is 4. The number of amides is 1. The molecule has 0 bridgehead atoms. The second-order valence-electron chi connectivity index (χ2n) is 5.55. The Morgan fingerprint density at radius 3 is 2.73 bits per heavy atom. The molecule has 8 heteroatoms. The van der Waals surface area contributed by atoms with Gasteiger partial charge in [0.05, 0.1) is 11.3 Å². The molecule has 0 saturated carbocycles. The summed E-state index contributed by atoms with van der Waals surface area (Å²) >= 11 is 0. The van der Waals surface area contributed by atoms with Crippen molar-refractivity contribution in [3.63, 3.8) is 0 Å². The van der Waals surface area contributed by atoms with Gasteiger partial charge in [0.1, 0.15) is 18.2 Å². The van der Waals surface area contributed by atoms with Gasteiger partial charge in [-0.3, -0.25) is 4.79 Å². The molecular weight excluding hydrogens is 352 g/mol. The van der Waals surface area contributed by atoms with Crippen LogP contribution in [0.15, 0.2) is 42.5 Å². The minimum absolute atomic E-state index is 0.00265. The van der Waals surface area contributed by atoms with Gasteiger partial charge >= 0.3 is 6.18 Å². The van der Waals surface area contributed by atoms with Gasteiger partial charge in [-0.15, -0.1) is 0 Å². The molecule has 2 aromatic rings. The first-order valence-corrected chi connectivity index (χ1v) is 7.69. The van der Waals surface area contributed by atoms with Crippen LogP contribution in [0.25, 0.3) is 6.08 Å². The van der Waals surface area contributed by atoms with E-state index in [-0.39, 0.29) is 17.2 Å². The minimum atomic E-state index is -4.49. The van der Waals surface area contributed by atoms with Gasteiger partial charge in [-0.25, -0.2) is 4.39 Å². The summed E-state index contributed by atoms with van der Waals surface area (Å²) in [6.45, 7) is 1.17. The second kappa shape index (κ2) is 7.07. The van der Waals surface area contributed by atoms with Crippen LogP contribution in [0.3, 0.4) is 0 Å². The van der Waals surface area contributed by atoms with Crippen LogP contribution in [0.5, 0.6) is 5.75 Å². The predicted octanol–water partition coefficient (Wildman–Crippen LogP) is 4.46. The lowest BCUT2D eigenvalue weighted by Gasteiger charge is -2.19. The Morgan fingerprint density at radius 2 is 2.00 bits per heavy atom. The zero-order chi connectivity index (χ0) is 18.7. The number of hydrogen-bond donors (Lipinski definition) is 2. The van der Waals surface area contributed by atoms with Gasteiger partial charge in [0, 0.05) is 24.4 Å². The van der Waals surface area contributed by atoms with Crippen molar-refractivity contribution in [3.05, 3.63) is 59.4 Å². The van der Waals surface area contributed by atoms with Gasteiger partial charge in [0.15, 0.2) is 0 Å². The highest BCUT2D eigenvalue weighted by atomic mass is 19.4. The van der Waals surface area contributed by atoms with Crippen LogP contribution in [0.1, 0.15) is 15.9 Å². The molecule has 4 nitrogen and oxygen atoms in total. The molecule has 1 aliphatic rings. The van der Waals surface area contributed by atoms with Crippen molar-refractivity contribution >= 4 is 23.4 Å². The summed E-state index contributed by atoms with van der Waals surface area (Å²) < 4.78 is 56.0. The molecule has 3 rings (SSSR count). The highest BCUT2D eigenvalue weighted by Gasteiger charge is 2.22. The largest absolute Gasteiger partial charge is 0.490 e. The van der Waals surface area contributed by atoms with Crippen LogP contribution in [0.2, 0.25) is 0 Å². The summed E-state index contributed by atoms with van der Waals surface area (Å²) in [6, 6.07) is 8.22. The number of fused-ring (bicyclic) bond motifs is 1. The number of anilines is 2. The van der Waals surface area contributed by atoms with E-state index in [9.17, 15) is 22.4 Å². The van der Waals surface area contributed by atoms with Crippen molar-refractivity contribution in [2.45, 2.75) is 6.18 Å². The molecule has 0 aliphatic carbocycles. The zero-order valence-corrected chi connectivity index (χ0v) is 13.4. The molecule has 0 atom stereocenters. The number of carbonyl (C=O) groups is 1. The van der Waals surface area contributed by atoms with E-state index >= 15 is 0 Å². The molecule has 1 heterocycles. The van der Waals surface area contributed by atoms with Crippen molar-refractivity contribution in [2.24, 2.45) is 0 Å². The number of nitrogens with one attached hydrogen (secondary N) is 2. The molecule has 0 spiro atoms. The Balaban J connectivity index is 1.75. The molecule has 1 aliphatic heterocycles. The Bertz CT molecular complexity index is 863. The van der Waals surface area contributed by atoms with Gasteiger partial charge in [-0.1, -0.05) is 6.07 Å². The summed E-state index contributed by atoms with van der Waals surface area (Å²) in [4.78, 5) is 12.2. The third-order valence-corrected chi connectivity index (χ3v) is 3.62. The van der Waals surface area contributed by atoms with Crippen LogP contribution in [0, 0.1) is 5.82 Å². The smallest absolute Gasteiger partial charge is 0.409 e. The fourth-order valence-electron chi connectivity index (χ4n) is 2.42. The lowest BCUT2D eigenvalue weighted by atomic mass is 10.1. The van der Waals surface area contributed by atoms with Crippen molar-refractivity contribution in [2.75, 3.05) is 23.8 Å². The molecule has 0 aromatic heterocycles. The summed E-state index contributed by atoms with van der Waals surface area (Å²) in [5.41, 5.74) is 0.940. The molecule has 0 fully saturated rings. The highest BCUT2D eigenvalue weighted by molar-refractivity contribution is 6.04. The predicted molar refractivity (Wildman–Crippen MR) is 89.9 cm³/mol. The maximum absolute atomic E-state index is 14.1. The van der Waals surface area contributed by atoms with Crippen molar-refractivity contribution in [1.82, 2.24) is 0 Å².